The molecule has 2 nitrogen and oxygen atoms in total. The van der Waals surface area contributed by atoms with Crippen molar-refractivity contribution in [3.8, 4) is 0 Å². The topological polar surface area (TPSA) is 18.5 Å². The second-order valence-electron chi connectivity index (χ2n) is 4.99. The summed E-state index contributed by atoms with van der Waals surface area (Å²) in [5.41, 5.74) is 1.43. The lowest BCUT2D eigenvalue weighted by Crippen LogP contribution is -2.24. The van der Waals surface area contributed by atoms with Crippen LogP contribution >= 0.6 is 15.9 Å². The number of ether oxygens (including phenoxy) is 2. The summed E-state index contributed by atoms with van der Waals surface area (Å²) in [5, 5.41) is 0. The Hall–Kier alpha value is 0.140. The van der Waals surface area contributed by atoms with E-state index >= 15 is 0 Å². The van der Waals surface area contributed by atoms with Gasteiger partial charge in [0.2, 0.25) is 0 Å². The highest BCUT2D eigenvalue weighted by Gasteiger charge is 2.19. The lowest BCUT2D eigenvalue weighted by atomic mass is 9.91. The molecule has 3 heteroatoms. The SMILES string of the molecule is C[C@@H]1CC(COC2CCCCO2)=C[C@H](Br)C1. The molecule has 1 fully saturated rings. The third-order valence-corrected chi connectivity index (χ3v) is 3.89. The van der Waals surface area contributed by atoms with Crippen molar-refractivity contribution in [3.05, 3.63) is 11.6 Å². The number of alkyl halides is 1. The Kier molecular flexibility index (Phi) is 4.86. The fourth-order valence-corrected chi connectivity index (χ4v) is 3.47. The number of halogens is 1. The molecule has 0 aromatic heterocycles. The predicted molar refractivity (Wildman–Crippen MR) is 68.7 cm³/mol. The average molecular weight is 289 g/mol. The summed E-state index contributed by atoms with van der Waals surface area (Å²) in [7, 11) is 0. The zero-order valence-corrected chi connectivity index (χ0v) is 11.5. The van der Waals surface area contributed by atoms with Crippen LogP contribution in [0.15, 0.2) is 11.6 Å². The Bertz CT molecular complexity index is 246. The van der Waals surface area contributed by atoms with E-state index in [4.69, 9.17) is 9.47 Å². The maximum Gasteiger partial charge on any atom is 0.158 e. The molecule has 0 radical (unpaired) electrons. The van der Waals surface area contributed by atoms with Crippen molar-refractivity contribution in [3.63, 3.8) is 0 Å². The third-order valence-electron chi connectivity index (χ3n) is 3.25. The van der Waals surface area contributed by atoms with E-state index in [1.54, 1.807) is 0 Å². The van der Waals surface area contributed by atoms with Crippen LogP contribution in [0.5, 0.6) is 0 Å². The van der Waals surface area contributed by atoms with E-state index < -0.39 is 0 Å². The highest BCUT2D eigenvalue weighted by Crippen LogP contribution is 2.28. The van der Waals surface area contributed by atoms with Gasteiger partial charge in [0.15, 0.2) is 6.29 Å². The summed E-state index contributed by atoms with van der Waals surface area (Å²) in [6.45, 7) is 3.91. The van der Waals surface area contributed by atoms with Gasteiger partial charge in [-0.2, -0.15) is 0 Å². The summed E-state index contributed by atoms with van der Waals surface area (Å²) in [5.74, 6) is 0.764. The first kappa shape index (κ1) is 12.6. The summed E-state index contributed by atoms with van der Waals surface area (Å²) in [4.78, 5) is 0.530. The minimum absolute atomic E-state index is 0.0423. The van der Waals surface area contributed by atoms with Crippen molar-refractivity contribution < 1.29 is 9.47 Å². The number of hydrogen-bond acceptors (Lipinski definition) is 2. The Balaban J connectivity index is 1.76. The van der Waals surface area contributed by atoms with Gasteiger partial charge in [0.1, 0.15) is 0 Å². The molecule has 0 saturated carbocycles. The predicted octanol–water partition coefficient (Wildman–Crippen LogP) is 3.65. The Morgan fingerprint density at radius 2 is 2.38 bits per heavy atom. The van der Waals surface area contributed by atoms with Crippen molar-refractivity contribution in [1.29, 1.82) is 0 Å². The van der Waals surface area contributed by atoms with E-state index in [9.17, 15) is 0 Å². The van der Waals surface area contributed by atoms with Crippen LogP contribution in [0.3, 0.4) is 0 Å². The molecule has 0 aromatic rings. The van der Waals surface area contributed by atoms with E-state index in [1.807, 2.05) is 0 Å². The lowest BCUT2D eigenvalue weighted by molar-refractivity contribution is -0.157. The van der Waals surface area contributed by atoms with Crippen LogP contribution in [0, 0.1) is 5.92 Å². The first-order chi connectivity index (χ1) is 7.74. The molecule has 92 valence electrons. The Morgan fingerprint density at radius 3 is 3.06 bits per heavy atom. The summed E-state index contributed by atoms with van der Waals surface area (Å²) < 4.78 is 11.4. The molecule has 0 amide bonds. The van der Waals surface area contributed by atoms with Crippen molar-refractivity contribution in [2.45, 2.75) is 50.1 Å². The van der Waals surface area contributed by atoms with E-state index in [0.717, 1.165) is 25.6 Å². The van der Waals surface area contributed by atoms with Gasteiger partial charge in [0.25, 0.3) is 0 Å². The van der Waals surface area contributed by atoms with Crippen molar-refractivity contribution in [1.82, 2.24) is 0 Å². The quantitative estimate of drug-likeness (QED) is 0.583. The van der Waals surface area contributed by atoms with Gasteiger partial charge in [-0.25, -0.2) is 0 Å². The molecule has 0 spiro atoms. The first-order valence-corrected chi connectivity index (χ1v) is 7.22. The maximum absolute atomic E-state index is 5.81. The second kappa shape index (κ2) is 6.18. The van der Waals surface area contributed by atoms with Crippen LogP contribution in [-0.4, -0.2) is 24.3 Å². The van der Waals surface area contributed by atoms with Gasteiger partial charge in [0, 0.05) is 11.4 Å². The van der Waals surface area contributed by atoms with Crippen LogP contribution in [0.2, 0.25) is 0 Å². The average Bonchev–Trinajstić information content (AvgIpc) is 2.27. The Morgan fingerprint density at radius 1 is 1.50 bits per heavy atom. The molecule has 16 heavy (non-hydrogen) atoms. The van der Waals surface area contributed by atoms with Gasteiger partial charge in [0.05, 0.1) is 6.61 Å². The molecule has 0 bridgehead atoms. The van der Waals surface area contributed by atoms with Crippen molar-refractivity contribution in [2.75, 3.05) is 13.2 Å². The largest absolute Gasteiger partial charge is 0.353 e. The van der Waals surface area contributed by atoms with Crippen LogP contribution in [-0.2, 0) is 9.47 Å². The van der Waals surface area contributed by atoms with Gasteiger partial charge < -0.3 is 9.47 Å². The molecule has 1 unspecified atom stereocenters. The molecule has 0 aromatic carbocycles. The minimum atomic E-state index is 0.0423. The van der Waals surface area contributed by atoms with Gasteiger partial charge >= 0.3 is 0 Å². The first-order valence-electron chi connectivity index (χ1n) is 6.31. The fourth-order valence-electron chi connectivity index (χ4n) is 2.46. The molecule has 1 aliphatic heterocycles. The van der Waals surface area contributed by atoms with Crippen LogP contribution in [0.1, 0.15) is 39.0 Å². The van der Waals surface area contributed by atoms with Crippen LogP contribution in [0.25, 0.3) is 0 Å². The van der Waals surface area contributed by atoms with E-state index in [-0.39, 0.29) is 6.29 Å². The number of allylic oxidation sites excluding steroid dienone is 1. The summed E-state index contributed by atoms with van der Waals surface area (Å²) in [6.07, 6.45) is 8.24. The molecule has 1 heterocycles. The van der Waals surface area contributed by atoms with Crippen molar-refractivity contribution >= 4 is 15.9 Å². The smallest absolute Gasteiger partial charge is 0.158 e. The molecule has 1 aliphatic carbocycles. The monoisotopic (exact) mass is 288 g/mol. The second-order valence-corrected chi connectivity index (χ2v) is 6.17. The zero-order chi connectivity index (χ0) is 11.4. The van der Waals surface area contributed by atoms with Crippen molar-refractivity contribution in [2.24, 2.45) is 5.92 Å². The van der Waals surface area contributed by atoms with Gasteiger partial charge in [-0.3, -0.25) is 0 Å². The lowest BCUT2D eigenvalue weighted by Gasteiger charge is -2.26. The molecular weight excluding hydrogens is 268 g/mol. The zero-order valence-electron chi connectivity index (χ0n) is 9.95. The third kappa shape index (κ3) is 3.86. The van der Waals surface area contributed by atoms with E-state index in [2.05, 4.69) is 28.9 Å². The molecule has 0 N–H and O–H groups in total. The highest BCUT2D eigenvalue weighted by atomic mass is 79.9. The molecule has 1 saturated heterocycles. The normalized spacial score (nSPS) is 35.9. The molecule has 2 aliphatic rings. The maximum atomic E-state index is 5.81. The summed E-state index contributed by atoms with van der Waals surface area (Å²) >= 11 is 3.67. The van der Waals surface area contributed by atoms with E-state index in [0.29, 0.717) is 4.83 Å². The summed E-state index contributed by atoms with van der Waals surface area (Å²) in [6, 6.07) is 0. The standard InChI is InChI=1S/C13H21BrO2/c1-10-6-11(8-12(14)7-10)9-16-13-4-2-3-5-15-13/h8,10,12-13H,2-7,9H2,1H3/t10-,12-,13?/m1/s1. The van der Waals surface area contributed by atoms with Crippen LogP contribution in [0.4, 0.5) is 0 Å². The highest BCUT2D eigenvalue weighted by molar-refractivity contribution is 9.09. The van der Waals surface area contributed by atoms with E-state index in [1.165, 1.54) is 31.3 Å². The van der Waals surface area contributed by atoms with Crippen LogP contribution < -0.4 is 0 Å². The van der Waals surface area contributed by atoms with Gasteiger partial charge in [-0.1, -0.05) is 28.9 Å². The molecule has 2 rings (SSSR count). The number of rotatable bonds is 3. The fraction of sp³-hybridized carbons (Fsp3) is 0.846. The molecule has 3 atom stereocenters. The minimum Gasteiger partial charge on any atom is -0.353 e. The van der Waals surface area contributed by atoms with Gasteiger partial charge in [-0.15, -0.1) is 0 Å². The molecular formula is C13H21BrO2. The van der Waals surface area contributed by atoms with Gasteiger partial charge in [-0.05, 0) is 43.6 Å². The number of hydrogen-bond donors (Lipinski definition) is 0. The Labute approximate surface area is 107 Å².